The van der Waals surface area contributed by atoms with Crippen LogP contribution in [-0.2, 0) is 32.6 Å². The van der Waals surface area contributed by atoms with Gasteiger partial charge in [-0.3, -0.25) is 13.9 Å². The van der Waals surface area contributed by atoms with E-state index in [2.05, 4.69) is 5.32 Å². The SMILES string of the molecule is CC[C@H](C)NC(=O)[C@@H](Cc1ccccc1)N(Cc1ccc(Cl)c(Cl)c1)C(=O)CN(c1ccccc1Cl)S(C)(=O)=O. The lowest BCUT2D eigenvalue weighted by Gasteiger charge is -2.34. The van der Waals surface area contributed by atoms with Crippen LogP contribution in [0.15, 0.2) is 72.8 Å². The van der Waals surface area contributed by atoms with E-state index in [1.807, 2.05) is 44.2 Å². The molecule has 0 fully saturated rings. The van der Waals surface area contributed by atoms with Crippen molar-refractivity contribution in [2.24, 2.45) is 0 Å². The van der Waals surface area contributed by atoms with Gasteiger partial charge in [-0.05, 0) is 48.7 Å². The number of benzene rings is 3. The summed E-state index contributed by atoms with van der Waals surface area (Å²) in [6.07, 6.45) is 1.91. The fraction of sp³-hybridized carbons (Fsp3) is 0.310. The molecule has 0 aromatic heterocycles. The minimum atomic E-state index is -3.92. The van der Waals surface area contributed by atoms with Crippen molar-refractivity contribution in [3.63, 3.8) is 0 Å². The van der Waals surface area contributed by atoms with Gasteiger partial charge in [-0.1, -0.05) is 90.3 Å². The van der Waals surface area contributed by atoms with Crippen molar-refractivity contribution >= 4 is 62.3 Å². The molecular weight excluding hydrogens is 593 g/mol. The summed E-state index contributed by atoms with van der Waals surface area (Å²) in [4.78, 5) is 29.1. The first kappa shape index (κ1) is 31.7. The summed E-state index contributed by atoms with van der Waals surface area (Å²) in [6, 6.07) is 19.5. The Morgan fingerprint density at radius 2 is 1.52 bits per heavy atom. The summed E-state index contributed by atoms with van der Waals surface area (Å²) >= 11 is 18.7. The van der Waals surface area contributed by atoms with Gasteiger partial charge in [0.1, 0.15) is 12.6 Å². The number of halogens is 3. The van der Waals surface area contributed by atoms with Crippen LogP contribution >= 0.6 is 34.8 Å². The van der Waals surface area contributed by atoms with E-state index in [-0.39, 0.29) is 35.6 Å². The van der Waals surface area contributed by atoms with Crippen LogP contribution in [0.3, 0.4) is 0 Å². The van der Waals surface area contributed by atoms with Crippen molar-refractivity contribution in [2.75, 3.05) is 17.1 Å². The molecule has 0 radical (unpaired) electrons. The molecule has 3 aromatic rings. The molecule has 0 saturated carbocycles. The van der Waals surface area contributed by atoms with E-state index in [9.17, 15) is 18.0 Å². The van der Waals surface area contributed by atoms with Crippen molar-refractivity contribution in [1.29, 1.82) is 0 Å². The van der Waals surface area contributed by atoms with Gasteiger partial charge in [-0.25, -0.2) is 8.42 Å². The van der Waals surface area contributed by atoms with Crippen LogP contribution in [0.1, 0.15) is 31.4 Å². The average molecular weight is 625 g/mol. The maximum atomic E-state index is 14.1. The summed E-state index contributed by atoms with van der Waals surface area (Å²) in [5, 5.41) is 3.80. The Morgan fingerprint density at radius 1 is 0.875 bits per heavy atom. The van der Waals surface area contributed by atoms with Crippen molar-refractivity contribution in [1.82, 2.24) is 10.2 Å². The Kier molecular flexibility index (Phi) is 11.3. The lowest BCUT2D eigenvalue weighted by Crippen LogP contribution is -2.54. The molecule has 2 amide bonds. The molecule has 11 heteroatoms. The van der Waals surface area contributed by atoms with Gasteiger partial charge < -0.3 is 10.2 Å². The maximum Gasteiger partial charge on any atom is 0.244 e. The number of amides is 2. The van der Waals surface area contributed by atoms with Gasteiger partial charge >= 0.3 is 0 Å². The average Bonchev–Trinajstić information content (AvgIpc) is 2.91. The molecule has 0 bridgehead atoms. The number of rotatable bonds is 12. The third-order valence-corrected chi connectivity index (χ3v) is 8.59. The van der Waals surface area contributed by atoms with Crippen LogP contribution < -0.4 is 9.62 Å². The van der Waals surface area contributed by atoms with E-state index in [0.717, 1.165) is 16.1 Å². The number of hydrogen-bond donors (Lipinski definition) is 1. The van der Waals surface area contributed by atoms with Crippen LogP contribution in [0.4, 0.5) is 5.69 Å². The summed E-state index contributed by atoms with van der Waals surface area (Å²) in [5.74, 6) is -0.938. The fourth-order valence-corrected chi connectivity index (χ4v) is 5.55. The molecule has 0 unspecified atom stereocenters. The molecule has 1 N–H and O–H groups in total. The highest BCUT2D eigenvalue weighted by molar-refractivity contribution is 7.92. The summed E-state index contributed by atoms with van der Waals surface area (Å²) < 4.78 is 26.6. The highest BCUT2D eigenvalue weighted by Gasteiger charge is 2.34. The van der Waals surface area contributed by atoms with E-state index in [4.69, 9.17) is 34.8 Å². The highest BCUT2D eigenvalue weighted by Crippen LogP contribution is 2.28. The predicted molar refractivity (Wildman–Crippen MR) is 162 cm³/mol. The Hall–Kier alpha value is -2.78. The first-order valence-electron chi connectivity index (χ1n) is 12.7. The summed E-state index contributed by atoms with van der Waals surface area (Å²) in [5.41, 5.74) is 1.63. The number of nitrogens with zero attached hydrogens (tertiary/aromatic N) is 2. The van der Waals surface area contributed by atoms with Gasteiger partial charge in [0.15, 0.2) is 0 Å². The quantitative estimate of drug-likeness (QED) is 0.269. The van der Waals surface area contributed by atoms with Crippen molar-refractivity contribution in [3.05, 3.63) is 99.0 Å². The van der Waals surface area contributed by atoms with Gasteiger partial charge in [-0.15, -0.1) is 0 Å². The van der Waals surface area contributed by atoms with Crippen LogP contribution in [0.5, 0.6) is 0 Å². The minimum absolute atomic E-state index is 0.0126. The molecule has 0 aliphatic heterocycles. The molecule has 214 valence electrons. The molecule has 2 atom stereocenters. The Bertz CT molecular complexity index is 1440. The molecule has 0 aliphatic rings. The first-order chi connectivity index (χ1) is 18.9. The molecule has 40 heavy (non-hydrogen) atoms. The van der Waals surface area contributed by atoms with Crippen LogP contribution in [0.25, 0.3) is 0 Å². The molecule has 0 saturated heterocycles. The molecule has 3 aromatic carbocycles. The lowest BCUT2D eigenvalue weighted by molar-refractivity contribution is -0.140. The second-order valence-electron chi connectivity index (χ2n) is 9.51. The Balaban J connectivity index is 2.09. The van der Waals surface area contributed by atoms with Crippen molar-refractivity contribution in [2.45, 2.75) is 45.3 Å². The van der Waals surface area contributed by atoms with Gasteiger partial charge in [0.25, 0.3) is 0 Å². The maximum absolute atomic E-state index is 14.1. The number of hydrogen-bond acceptors (Lipinski definition) is 4. The minimum Gasteiger partial charge on any atom is -0.352 e. The smallest absolute Gasteiger partial charge is 0.244 e. The first-order valence-corrected chi connectivity index (χ1v) is 15.7. The van der Waals surface area contributed by atoms with Gasteiger partial charge in [-0.2, -0.15) is 0 Å². The molecule has 3 rings (SSSR count). The lowest BCUT2D eigenvalue weighted by atomic mass is 10.0. The highest BCUT2D eigenvalue weighted by atomic mass is 35.5. The van der Waals surface area contributed by atoms with Gasteiger partial charge in [0, 0.05) is 19.0 Å². The standard InChI is InChI=1S/C29H32Cl3N3O4S/c1-4-20(2)33-29(37)27(17-21-10-6-5-7-11-21)34(18-22-14-15-23(30)25(32)16-22)28(36)19-35(40(3,38)39)26-13-9-8-12-24(26)31/h5-16,20,27H,4,17-19H2,1-3H3,(H,33,37)/t20-,27+/m0/s1. The predicted octanol–water partition coefficient (Wildman–Crippen LogP) is 5.97. The summed E-state index contributed by atoms with van der Waals surface area (Å²) in [6.45, 7) is 3.25. The van der Waals surface area contributed by atoms with E-state index in [0.29, 0.717) is 22.0 Å². The topological polar surface area (TPSA) is 86.8 Å². The number of carbonyl (C=O) groups excluding carboxylic acids is 2. The summed E-state index contributed by atoms with van der Waals surface area (Å²) in [7, 11) is -3.92. The van der Waals surface area contributed by atoms with Gasteiger partial charge in [0.2, 0.25) is 21.8 Å². The van der Waals surface area contributed by atoms with Crippen LogP contribution in [0.2, 0.25) is 15.1 Å². The number of carbonyl (C=O) groups is 2. The Morgan fingerprint density at radius 3 is 2.12 bits per heavy atom. The second-order valence-corrected chi connectivity index (χ2v) is 12.6. The third kappa shape index (κ3) is 8.61. The van der Waals surface area contributed by atoms with E-state index in [1.54, 1.807) is 36.4 Å². The number of para-hydroxylation sites is 1. The van der Waals surface area contributed by atoms with Crippen LogP contribution in [-0.4, -0.2) is 50.0 Å². The van der Waals surface area contributed by atoms with Crippen molar-refractivity contribution in [3.8, 4) is 0 Å². The third-order valence-electron chi connectivity index (χ3n) is 6.41. The zero-order chi connectivity index (χ0) is 29.4. The molecule has 0 spiro atoms. The number of nitrogens with one attached hydrogen (secondary N) is 1. The Labute approximate surface area is 251 Å². The normalized spacial score (nSPS) is 12.8. The monoisotopic (exact) mass is 623 g/mol. The van der Waals surface area contributed by atoms with E-state index >= 15 is 0 Å². The number of sulfonamides is 1. The zero-order valence-electron chi connectivity index (χ0n) is 22.5. The van der Waals surface area contributed by atoms with E-state index < -0.39 is 28.5 Å². The molecule has 0 aliphatic carbocycles. The van der Waals surface area contributed by atoms with Crippen LogP contribution in [0, 0.1) is 0 Å². The number of anilines is 1. The van der Waals surface area contributed by atoms with Crippen molar-refractivity contribution < 1.29 is 18.0 Å². The van der Waals surface area contributed by atoms with Gasteiger partial charge in [0.05, 0.1) is 27.0 Å². The second kappa shape index (κ2) is 14.2. The fourth-order valence-electron chi connectivity index (χ4n) is 4.08. The molecule has 0 heterocycles. The van der Waals surface area contributed by atoms with E-state index in [1.165, 1.54) is 11.0 Å². The zero-order valence-corrected chi connectivity index (χ0v) is 25.6. The molecule has 7 nitrogen and oxygen atoms in total. The largest absolute Gasteiger partial charge is 0.352 e. The molecular formula is C29H32Cl3N3O4S.